The molecule has 0 saturated heterocycles. The van der Waals surface area contributed by atoms with Gasteiger partial charge in [0, 0.05) is 12.7 Å². The maximum atomic E-state index is 13.1. The van der Waals surface area contributed by atoms with Gasteiger partial charge in [-0.15, -0.1) is 0 Å². The Morgan fingerprint density at radius 3 is 2.28 bits per heavy atom. The summed E-state index contributed by atoms with van der Waals surface area (Å²) < 4.78 is 86.8. The van der Waals surface area contributed by atoms with Gasteiger partial charge in [-0.3, -0.25) is 0 Å². The van der Waals surface area contributed by atoms with Crippen LogP contribution < -0.4 is 14.4 Å². The molecule has 0 atom stereocenters. The van der Waals surface area contributed by atoms with Crippen LogP contribution >= 0.6 is 0 Å². The number of alkyl halides is 6. The van der Waals surface area contributed by atoms with Gasteiger partial charge in [0.2, 0.25) is 11.8 Å². The Kier molecular flexibility index (Phi) is 6.81. The summed E-state index contributed by atoms with van der Waals surface area (Å²) in [7, 11) is 0. The summed E-state index contributed by atoms with van der Waals surface area (Å²) in [6.07, 6.45) is -9.58. The number of nitrogens with zero attached hydrogens (tertiary/aromatic N) is 3. The van der Waals surface area contributed by atoms with Crippen molar-refractivity contribution in [2.45, 2.75) is 39.2 Å². The highest BCUT2D eigenvalue weighted by atomic mass is 19.4. The lowest BCUT2D eigenvalue weighted by molar-refractivity contribution is -0.159. The van der Waals surface area contributed by atoms with E-state index in [2.05, 4.69) is 14.7 Å². The summed E-state index contributed by atoms with van der Waals surface area (Å²) in [5.41, 5.74) is -1.04. The molecule has 1 heterocycles. The number of hydrogen-bond acceptors (Lipinski definition) is 5. The van der Waals surface area contributed by atoms with E-state index in [4.69, 9.17) is 4.74 Å². The molecule has 0 aliphatic rings. The fourth-order valence-corrected chi connectivity index (χ4v) is 2.40. The lowest BCUT2D eigenvalue weighted by Crippen LogP contribution is -2.24. The van der Waals surface area contributed by atoms with Gasteiger partial charge in [-0.05, 0) is 32.9 Å². The third kappa shape index (κ3) is 6.13. The molecular weight excluding hydrogens is 404 g/mol. The van der Waals surface area contributed by atoms with E-state index in [0.717, 1.165) is 0 Å². The van der Waals surface area contributed by atoms with Crippen LogP contribution in [0.15, 0.2) is 30.5 Å². The number of anilines is 2. The van der Waals surface area contributed by atoms with Gasteiger partial charge in [0.1, 0.15) is 11.3 Å². The molecule has 2 rings (SSSR count). The smallest absolute Gasteiger partial charge is 0.423 e. The minimum absolute atomic E-state index is 0.186. The molecule has 11 heteroatoms. The lowest BCUT2D eigenvalue weighted by Gasteiger charge is -2.25. The van der Waals surface area contributed by atoms with Gasteiger partial charge in [-0.25, -0.2) is 4.98 Å². The predicted molar refractivity (Wildman–Crippen MR) is 93.5 cm³/mol. The Morgan fingerprint density at radius 2 is 1.72 bits per heavy atom. The molecule has 0 fully saturated rings. The highest BCUT2D eigenvalue weighted by Gasteiger charge is 2.38. The van der Waals surface area contributed by atoms with Crippen molar-refractivity contribution in [3.8, 4) is 11.6 Å². The van der Waals surface area contributed by atoms with Crippen LogP contribution in [0, 0.1) is 0 Å². The molecule has 0 aliphatic heterocycles. The molecule has 0 radical (unpaired) electrons. The van der Waals surface area contributed by atoms with Gasteiger partial charge in [-0.1, -0.05) is 12.1 Å². The van der Waals surface area contributed by atoms with Gasteiger partial charge in [0.25, 0.3) is 0 Å². The molecule has 5 nitrogen and oxygen atoms in total. The van der Waals surface area contributed by atoms with E-state index in [0.29, 0.717) is 17.6 Å². The molecular formula is C18H19F6N3O2. The summed E-state index contributed by atoms with van der Waals surface area (Å²) in [4.78, 5) is 8.74. The average molecular weight is 423 g/mol. The third-order valence-electron chi connectivity index (χ3n) is 3.50. The van der Waals surface area contributed by atoms with E-state index in [1.165, 1.54) is 4.90 Å². The van der Waals surface area contributed by atoms with Crippen molar-refractivity contribution in [2.75, 3.05) is 18.1 Å². The highest BCUT2D eigenvalue weighted by Crippen LogP contribution is 2.38. The van der Waals surface area contributed by atoms with Crippen LogP contribution in [0.25, 0.3) is 0 Å². The van der Waals surface area contributed by atoms with Gasteiger partial charge in [0.15, 0.2) is 6.61 Å². The number of benzene rings is 1. The topological polar surface area (TPSA) is 47.5 Å². The molecule has 0 N–H and O–H groups in total. The zero-order valence-corrected chi connectivity index (χ0v) is 15.8. The van der Waals surface area contributed by atoms with Crippen molar-refractivity contribution in [1.82, 2.24) is 9.97 Å². The number of aromatic nitrogens is 2. The zero-order chi connectivity index (χ0) is 21.8. The molecule has 1 aromatic carbocycles. The maximum Gasteiger partial charge on any atom is 0.423 e. The Morgan fingerprint density at radius 1 is 1.07 bits per heavy atom. The van der Waals surface area contributed by atoms with Gasteiger partial charge < -0.3 is 14.4 Å². The van der Waals surface area contributed by atoms with E-state index in [-0.39, 0.29) is 18.6 Å². The van der Waals surface area contributed by atoms with E-state index in [1.807, 2.05) is 0 Å². The van der Waals surface area contributed by atoms with Crippen LogP contribution in [-0.2, 0) is 6.18 Å². The molecule has 0 unspecified atom stereocenters. The summed E-state index contributed by atoms with van der Waals surface area (Å²) in [5, 5.41) is 0. The van der Waals surface area contributed by atoms with Crippen LogP contribution in [0.4, 0.5) is 38.0 Å². The van der Waals surface area contributed by atoms with Crippen molar-refractivity contribution >= 4 is 11.6 Å². The number of ether oxygens (including phenoxy) is 2. The van der Waals surface area contributed by atoms with Crippen LogP contribution in [-0.4, -0.2) is 35.4 Å². The van der Waals surface area contributed by atoms with Gasteiger partial charge in [0.05, 0.1) is 11.8 Å². The molecule has 160 valence electrons. The normalized spacial score (nSPS) is 12.2. The van der Waals surface area contributed by atoms with Crippen LogP contribution in [0.1, 0.15) is 26.3 Å². The molecule has 2 aromatic rings. The summed E-state index contributed by atoms with van der Waals surface area (Å²) in [6, 6.07) is 6.68. The van der Waals surface area contributed by atoms with Crippen molar-refractivity contribution in [2.24, 2.45) is 0 Å². The molecule has 29 heavy (non-hydrogen) atoms. The number of para-hydroxylation sites is 2. The van der Waals surface area contributed by atoms with E-state index in [9.17, 15) is 26.3 Å². The van der Waals surface area contributed by atoms with Crippen molar-refractivity contribution in [3.63, 3.8) is 0 Å². The van der Waals surface area contributed by atoms with E-state index < -0.39 is 30.4 Å². The summed E-state index contributed by atoms with van der Waals surface area (Å²) in [6.45, 7) is 3.58. The Bertz CT molecular complexity index is 824. The lowest BCUT2D eigenvalue weighted by atomic mass is 10.2. The van der Waals surface area contributed by atoms with Crippen LogP contribution in [0.3, 0.4) is 0 Å². The zero-order valence-electron chi connectivity index (χ0n) is 15.8. The first-order valence-corrected chi connectivity index (χ1v) is 8.59. The minimum Gasteiger partial charge on any atom is -0.489 e. The largest absolute Gasteiger partial charge is 0.489 e. The highest BCUT2D eigenvalue weighted by molar-refractivity contribution is 5.65. The fourth-order valence-electron chi connectivity index (χ4n) is 2.40. The summed E-state index contributed by atoms with van der Waals surface area (Å²) in [5.74, 6) is -1.02. The molecule has 0 amide bonds. The Balaban J connectivity index is 2.50. The Hall–Kier alpha value is -2.72. The average Bonchev–Trinajstić information content (AvgIpc) is 2.60. The SMILES string of the molecule is CCN(c1ncc(C(F)(F)F)c(OCC(F)(F)F)n1)c1ccccc1OC(C)C. The summed E-state index contributed by atoms with van der Waals surface area (Å²) >= 11 is 0. The first-order chi connectivity index (χ1) is 13.4. The standard InChI is InChI=1S/C18H19F6N3O2/c1-4-27(13-7-5-6-8-14(13)29-11(2)3)16-25-9-12(18(22,23)24)15(26-16)28-10-17(19,20)21/h5-9,11H,4,10H2,1-3H3. The van der Waals surface area contributed by atoms with E-state index >= 15 is 0 Å². The molecule has 1 aromatic heterocycles. The number of hydrogen-bond donors (Lipinski definition) is 0. The maximum absolute atomic E-state index is 13.1. The van der Waals surface area contributed by atoms with Crippen molar-refractivity contribution < 1.29 is 35.8 Å². The third-order valence-corrected chi connectivity index (χ3v) is 3.50. The van der Waals surface area contributed by atoms with Crippen molar-refractivity contribution in [3.05, 3.63) is 36.0 Å². The first kappa shape index (κ1) is 22.6. The minimum atomic E-state index is -4.98. The predicted octanol–water partition coefficient (Wildman–Crippen LogP) is 5.38. The fraction of sp³-hybridized carbons (Fsp3) is 0.444. The molecule has 0 bridgehead atoms. The Labute approximate surface area is 163 Å². The monoisotopic (exact) mass is 423 g/mol. The first-order valence-electron chi connectivity index (χ1n) is 8.59. The second-order valence-electron chi connectivity index (χ2n) is 6.17. The van der Waals surface area contributed by atoms with Gasteiger partial charge in [-0.2, -0.15) is 31.3 Å². The second-order valence-corrected chi connectivity index (χ2v) is 6.17. The van der Waals surface area contributed by atoms with Gasteiger partial charge >= 0.3 is 12.4 Å². The number of halogens is 6. The van der Waals surface area contributed by atoms with E-state index in [1.54, 1.807) is 45.0 Å². The molecule has 0 aliphatic carbocycles. The second kappa shape index (κ2) is 8.75. The van der Waals surface area contributed by atoms with Crippen LogP contribution in [0.2, 0.25) is 0 Å². The molecule has 0 saturated carbocycles. The van der Waals surface area contributed by atoms with Crippen molar-refractivity contribution in [1.29, 1.82) is 0 Å². The molecule has 0 spiro atoms. The van der Waals surface area contributed by atoms with Crippen LogP contribution in [0.5, 0.6) is 11.6 Å². The quantitative estimate of drug-likeness (QED) is 0.560. The number of rotatable bonds is 7.